The Labute approximate surface area is 106 Å². The molecule has 0 aliphatic carbocycles. The second kappa shape index (κ2) is 6.26. The van der Waals surface area contributed by atoms with Gasteiger partial charge in [0.25, 0.3) is 0 Å². The molecule has 3 heteroatoms. The van der Waals surface area contributed by atoms with Crippen molar-refractivity contribution in [2.45, 2.75) is 32.7 Å². The molecule has 0 radical (unpaired) electrons. The average molecular weight is 286 g/mol. The monoisotopic (exact) mass is 285 g/mol. The second-order valence-corrected chi connectivity index (χ2v) is 5.38. The highest BCUT2D eigenvalue weighted by molar-refractivity contribution is 9.10. The molecule has 1 atom stereocenters. The summed E-state index contributed by atoms with van der Waals surface area (Å²) >= 11 is 3.43. The van der Waals surface area contributed by atoms with Crippen molar-refractivity contribution >= 4 is 15.9 Å². The SMILES string of the molecule is COc1cc(Br)ccc1C(N)CCC(C)C. The maximum atomic E-state index is 6.17. The van der Waals surface area contributed by atoms with Crippen LogP contribution in [0.1, 0.15) is 38.3 Å². The van der Waals surface area contributed by atoms with E-state index < -0.39 is 0 Å². The summed E-state index contributed by atoms with van der Waals surface area (Å²) in [7, 11) is 1.68. The third-order valence-corrected chi connectivity index (χ3v) is 3.14. The summed E-state index contributed by atoms with van der Waals surface area (Å²) in [6, 6.07) is 6.07. The van der Waals surface area contributed by atoms with Gasteiger partial charge in [0.2, 0.25) is 0 Å². The summed E-state index contributed by atoms with van der Waals surface area (Å²) in [4.78, 5) is 0. The standard InChI is InChI=1S/C13H20BrNO/c1-9(2)4-7-12(15)11-6-5-10(14)8-13(11)16-3/h5-6,8-9,12H,4,7,15H2,1-3H3. The molecule has 0 spiro atoms. The maximum Gasteiger partial charge on any atom is 0.124 e. The molecule has 0 aliphatic heterocycles. The van der Waals surface area contributed by atoms with Crippen molar-refractivity contribution < 1.29 is 4.74 Å². The van der Waals surface area contributed by atoms with Crippen LogP contribution in [-0.4, -0.2) is 7.11 Å². The van der Waals surface area contributed by atoms with E-state index in [9.17, 15) is 0 Å². The highest BCUT2D eigenvalue weighted by Gasteiger charge is 2.12. The van der Waals surface area contributed by atoms with Crippen LogP contribution in [0.2, 0.25) is 0 Å². The van der Waals surface area contributed by atoms with Gasteiger partial charge in [-0.15, -0.1) is 0 Å². The van der Waals surface area contributed by atoms with Crippen LogP contribution in [0.5, 0.6) is 5.75 Å². The fourth-order valence-electron chi connectivity index (χ4n) is 1.66. The lowest BCUT2D eigenvalue weighted by atomic mass is 9.98. The molecule has 1 aromatic carbocycles. The first kappa shape index (κ1) is 13.5. The van der Waals surface area contributed by atoms with Gasteiger partial charge in [-0.3, -0.25) is 0 Å². The van der Waals surface area contributed by atoms with Crippen LogP contribution in [0, 0.1) is 5.92 Å². The molecule has 1 unspecified atom stereocenters. The zero-order valence-electron chi connectivity index (χ0n) is 10.2. The van der Waals surface area contributed by atoms with Gasteiger partial charge in [-0.2, -0.15) is 0 Å². The largest absolute Gasteiger partial charge is 0.496 e. The number of nitrogens with two attached hydrogens (primary N) is 1. The van der Waals surface area contributed by atoms with Crippen molar-refractivity contribution in [2.24, 2.45) is 11.7 Å². The summed E-state index contributed by atoms with van der Waals surface area (Å²) < 4.78 is 6.36. The van der Waals surface area contributed by atoms with Crippen LogP contribution in [-0.2, 0) is 0 Å². The van der Waals surface area contributed by atoms with Crippen LogP contribution in [0.3, 0.4) is 0 Å². The fourth-order valence-corrected chi connectivity index (χ4v) is 2.00. The van der Waals surface area contributed by atoms with Crippen LogP contribution in [0.25, 0.3) is 0 Å². The predicted molar refractivity (Wildman–Crippen MR) is 71.7 cm³/mol. The highest BCUT2D eigenvalue weighted by atomic mass is 79.9. The lowest BCUT2D eigenvalue weighted by molar-refractivity contribution is 0.400. The first-order valence-corrected chi connectivity index (χ1v) is 6.43. The minimum Gasteiger partial charge on any atom is -0.496 e. The van der Waals surface area contributed by atoms with Crippen molar-refractivity contribution in [2.75, 3.05) is 7.11 Å². The molecule has 0 bridgehead atoms. The van der Waals surface area contributed by atoms with Crippen LogP contribution in [0.4, 0.5) is 0 Å². The third kappa shape index (κ3) is 3.80. The van der Waals surface area contributed by atoms with Crippen molar-refractivity contribution in [3.8, 4) is 5.75 Å². The Morgan fingerprint density at radius 3 is 2.56 bits per heavy atom. The quantitative estimate of drug-likeness (QED) is 0.891. The predicted octanol–water partition coefficient (Wildman–Crippen LogP) is 3.89. The molecule has 0 saturated heterocycles. The Kier molecular flexibility index (Phi) is 5.29. The smallest absolute Gasteiger partial charge is 0.124 e. The number of hydrogen-bond acceptors (Lipinski definition) is 2. The summed E-state index contributed by atoms with van der Waals surface area (Å²) in [5, 5.41) is 0. The number of benzene rings is 1. The molecule has 1 aromatic rings. The van der Waals surface area contributed by atoms with E-state index in [1.54, 1.807) is 7.11 Å². The molecule has 0 fully saturated rings. The van der Waals surface area contributed by atoms with Crippen LogP contribution >= 0.6 is 15.9 Å². The van der Waals surface area contributed by atoms with E-state index in [2.05, 4.69) is 29.8 Å². The molecule has 0 aliphatic rings. The van der Waals surface area contributed by atoms with Crippen molar-refractivity contribution in [1.82, 2.24) is 0 Å². The highest BCUT2D eigenvalue weighted by Crippen LogP contribution is 2.30. The van der Waals surface area contributed by atoms with Gasteiger partial charge in [0.05, 0.1) is 7.11 Å². The first-order valence-electron chi connectivity index (χ1n) is 5.63. The first-order chi connectivity index (χ1) is 7.54. The topological polar surface area (TPSA) is 35.2 Å². The molecule has 1 rings (SSSR count). The number of rotatable bonds is 5. The number of methoxy groups -OCH3 is 1. The molecule has 16 heavy (non-hydrogen) atoms. The van der Waals surface area contributed by atoms with Crippen molar-refractivity contribution in [3.05, 3.63) is 28.2 Å². The number of halogens is 1. The average Bonchev–Trinajstić information content (AvgIpc) is 2.25. The normalized spacial score (nSPS) is 12.9. The van der Waals surface area contributed by atoms with Crippen LogP contribution in [0.15, 0.2) is 22.7 Å². The van der Waals surface area contributed by atoms with E-state index in [-0.39, 0.29) is 6.04 Å². The van der Waals surface area contributed by atoms with E-state index in [1.165, 1.54) is 0 Å². The van der Waals surface area contributed by atoms with Gasteiger partial charge in [-0.1, -0.05) is 35.8 Å². The minimum atomic E-state index is 0.0606. The fraction of sp³-hybridized carbons (Fsp3) is 0.538. The van der Waals surface area contributed by atoms with Crippen molar-refractivity contribution in [3.63, 3.8) is 0 Å². The van der Waals surface area contributed by atoms with Gasteiger partial charge in [-0.25, -0.2) is 0 Å². The summed E-state index contributed by atoms with van der Waals surface area (Å²) in [5.41, 5.74) is 7.26. The molecule has 0 amide bonds. The number of ether oxygens (including phenoxy) is 1. The van der Waals surface area contributed by atoms with E-state index in [1.807, 2.05) is 18.2 Å². The van der Waals surface area contributed by atoms with Crippen molar-refractivity contribution in [1.29, 1.82) is 0 Å². The third-order valence-electron chi connectivity index (χ3n) is 2.65. The lowest BCUT2D eigenvalue weighted by Gasteiger charge is -2.16. The van der Waals surface area contributed by atoms with E-state index in [0.29, 0.717) is 5.92 Å². The van der Waals surface area contributed by atoms with Gasteiger partial charge in [0.15, 0.2) is 0 Å². The Morgan fingerprint density at radius 1 is 1.31 bits per heavy atom. The summed E-state index contributed by atoms with van der Waals surface area (Å²) in [5.74, 6) is 1.55. The molecule has 2 nitrogen and oxygen atoms in total. The van der Waals surface area contributed by atoms with Gasteiger partial charge in [-0.05, 0) is 30.9 Å². The van der Waals surface area contributed by atoms with E-state index >= 15 is 0 Å². The van der Waals surface area contributed by atoms with E-state index in [4.69, 9.17) is 10.5 Å². The Balaban J connectivity index is 2.77. The maximum absolute atomic E-state index is 6.17. The Morgan fingerprint density at radius 2 is 2.00 bits per heavy atom. The summed E-state index contributed by atoms with van der Waals surface area (Å²) in [6.45, 7) is 4.43. The Bertz CT molecular complexity index is 339. The number of hydrogen-bond donors (Lipinski definition) is 1. The molecular formula is C13H20BrNO. The summed E-state index contributed by atoms with van der Waals surface area (Å²) in [6.07, 6.45) is 2.13. The molecule has 0 aromatic heterocycles. The zero-order valence-corrected chi connectivity index (χ0v) is 11.8. The lowest BCUT2D eigenvalue weighted by Crippen LogP contribution is -2.12. The second-order valence-electron chi connectivity index (χ2n) is 4.46. The molecular weight excluding hydrogens is 266 g/mol. The van der Waals surface area contributed by atoms with Crippen LogP contribution < -0.4 is 10.5 Å². The van der Waals surface area contributed by atoms with Gasteiger partial charge in [0, 0.05) is 16.1 Å². The van der Waals surface area contributed by atoms with Gasteiger partial charge < -0.3 is 10.5 Å². The molecule has 90 valence electrons. The minimum absolute atomic E-state index is 0.0606. The zero-order chi connectivity index (χ0) is 12.1. The Hall–Kier alpha value is -0.540. The van der Waals surface area contributed by atoms with Gasteiger partial charge in [0.1, 0.15) is 5.75 Å². The molecule has 2 N–H and O–H groups in total. The van der Waals surface area contributed by atoms with E-state index in [0.717, 1.165) is 28.6 Å². The van der Waals surface area contributed by atoms with Gasteiger partial charge >= 0.3 is 0 Å². The molecule has 0 saturated carbocycles. The molecule has 0 heterocycles.